The van der Waals surface area contributed by atoms with E-state index >= 15 is 0 Å². The van der Waals surface area contributed by atoms with Gasteiger partial charge in [-0.3, -0.25) is 19.8 Å². The number of rotatable bonds is 10. The molecule has 0 saturated carbocycles. The first kappa shape index (κ1) is 22.3. The van der Waals surface area contributed by atoms with Crippen molar-refractivity contribution in [2.45, 2.75) is 56.8 Å². The van der Waals surface area contributed by atoms with Crippen LogP contribution in [0.5, 0.6) is 0 Å². The number of carbonyl (C=O) groups excluding carboxylic acids is 4. The van der Waals surface area contributed by atoms with Gasteiger partial charge >= 0.3 is 11.9 Å². The largest absolute Gasteiger partial charge is 0.444 e. The zero-order valence-electron chi connectivity index (χ0n) is 17.1. The molecule has 3 rings (SSSR count). The van der Waals surface area contributed by atoms with Crippen molar-refractivity contribution >= 4 is 29.7 Å². The summed E-state index contributed by atoms with van der Waals surface area (Å²) < 4.78 is 5.01. The maximum absolute atomic E-state index is 12.0. The lowest BCUT2D eigenvalue weighted by molar-refractivity contribution is -0.197. The molecule has 1 aromatic carbocycles. The second-order valence-electron chi connectivity index (χ2n) is 7.61. The Morgan fingerprint density at radius 1 is 1.06 bits per heavy atom. The third-order valence-corrected chi connectivity index (χ3v) is 5.50. The van der Waals surface area contributed by atoms with Gasteiger partial charge in [0.1, 0.15) is 0 Å². The van der Waals surface area contributed by atoms with E-state index in [1.807, 2.05) is 18.2 Å². The number of amides is 2. The molecule has 0 spiro atoms. The lowest BCUT2D eigenvalue weighted by Crippen LogP contribution is -2.33. The SMILES string of the molecule is N=C(N)NCOC(=O)CCC1c2cccc(c2)C1CCCC(=O)ON1C(=O)CCC1=O. The highest BCUT2D eigenvalue weighted by atomic mass is 16.7. The van der Waals surface area contributed by atoms with Gasteiger partial charge in [0.05, 0.1) is 0 Å². The van der Waals surface area contributed by atoms with E-state index in [0.717, 1.165) is 11.1 Å². The predicted molar refractivity (Wildman–Crippen MR) is 108 cm³/mol. The number of ether oxygens (including phenoxy) is 1. The molecule has 2 amide bonds. The van der Waals surface area contributed by atoms with Gasteiger partial charge in [-0.1, -0.05) is 24.3 Å². The van der Waals surface area contributed by atoms with Crippen molar-refractivity contribution < 1.29 is 28.8 Å². The number of nitrogens with two attached hydrogens (primary N) is 1. The average molecular weight is 430 g/mol. The summed E-state index contributed by atoms with van der Waals surface area (Å²) in [6.07, 6.45) is 2.28. The number of hydrogen-bond acceptors (Lipinski definition) is 7. The van der Waals surface area contributed by atoms with Gasteiger partial charge in [-0.05, 0) is 42.2 Å². The number of nitrogens with one attached hydrogen (secondary N) is 2. The lowest BCUT2D eigenvalue weighted by atomic mass is 9.84. The van der Waals surface area contributed by atoms with E-state index in [-0.39, 0.29) is 56.2 Å². The number of esters is 1. The quantitative estimate of drug-likeness (QED) is 0.166. The average Bonchev–Trinajstić information content (AvgIpc) is 3.16. The van der Waals surface area contributed by atoms with Crippen LogP contribution in [0, 0.1) is 5.41 Å². The molecule has 0 aromatic heterocycles. The maximum atomic E-state index is 12.0. The number of imide groups is 1. The molecule has 1 heterocycles. The Bertz CT molecular complexity index is 870. The summed E-state index contributed by atoms with van der Waals surface area (Å²) in [7, 11) is 0. The number of fused-ring (bicyclic) bond motifs is 2. The van der Waals surface area contributed by atoms with Crippen molar-refractivity contribution in [2.75, 3.05) is 6.73 Å². The van der Waals surface area contributed by atoms with Gasteiger partial charge in [0.15, 0.2) is 12.7 Å². The van der Waals surface area contributed by atoms with Gasteiger partial charge in [0.2, 0.25) is 0 Å². The van der Waals surface area contributed by atoms with E-state index in [4.69, 9.17) is 20.7 Å². The second-order valence-corrected chi connectivity index (χ2v) is 7.61. The van der Waals surface area contributed by atoms with Crippen LogP contribution in [0.1, 0.15) is 67.9 Å². The predicted octanol–water partition coefficient (Wildman–Crippen LogP) is 1.41. The smallest absolute Gasteiger partial charge is 0.333 e. The highest BCUT2D eigenvalue weighted by molar-refractivity contribution is 6.01. The summed E-state index contributed by atoms with van der Waals surface area (Å²) in [5, 5.41) is 10.0. The van der Waals surface area contributed by atoms with Gasteiger partial charge in [-0.2, -0.15) is 0 Å². The van der Waals surface area contributed by atoms with Crippen LogP contribution in [-0.2, 0) is 28.8 Å². The Morgan fingerprint density at radius 3 is 2.35 bits per heavy atom. The van der Waals surface area contributed by atoms with Crippen LogP contribution in [0.15, 0.2) is 24.3 Å². The van der Waals surface area contributed by atoms with Crippen molar-refractivity contribution in [1.29, 1.82) is 5.41 Å². The van der Waals surface area contributed by atoms with Crippen molar-refractivity contribution in [1.82, 2.24) is 10.4 Å². The molecule has 2 aliphatic rings. The van der Waals surface area contributed by atoms with Crippen LogP contribution in [0.3, 0.4) is 0 Å². The molecule has 10 heteroatoms. The first-order valence-corrected chi connectivity index (χ1v) is 10.2. The fourth-order valence-corrected chi connectivity index (χ4v) is 4.03. The summed E-state index contributed by atoms with van der Waals surface area (Å²) in [6, 6.07) is 8.14. The first-order chi connectivity index (χ1) is 14.8. The lowest BCUT2D eigenvalue weighted by Gasteiger charge is -2.21. The summed E-state index contributed by atoms with van der Waals surface area (Å²) in [6.45, 7) is -0.139. The van der Waals surface area contributed by atoms with Gasteiger partial charge in [0, 0.05) is 25.7 Å². The molecule has 31 heavy (non-hydrogen) atoms. The molecular formula is C21H26N4O6. The van der Waals surface area contributed by atoms with Crippen molar-refractivity contribution in [3.8, 4) is 0 Å². The molecule has 1 saturated heterocycles. The molecule has 0 radical (unpaired) electrons. The first-order valence-electron chi connectivity index (χ1n) is 10.2. The Hall–Kier alpha value is -3.43. The van der Waals surface area contributed by atoms with E-state index in [9.17, 15) is 19.2 Å². The Labute approximate surface area is 179 Å². The number of benzene rings is 1. The zero-order valence-corrected chi connectivity index (χ0v) is 17.1. The summed E-state index contributed by atoms with van der Waals surface area (Å²) in [4.78, 5) is 52.0. The molecule has 10 nitrogen and oxygen atoms in total. The third-order valence-electron chi connectivity index (χ3n) is 5.50. The minimum absolute atomic E-state index is 0.0682. The fraction of sp³-hybridized carbons (Fsp3) is 0.476. The fourth-order valence-electron chi connectivity index (χ4n) is 4.03. The third kappa shape index (κ3) is 5.80. The van der Waals surface area contributed by atoms with Gasteiger partial charge in [-0.25, -0.2) is 4.79 Å². The highest BCUT2D eigenvalue weighted by Crippen LogP contribution is 2.45. The van der Waals surface area contributed by atoms with Gasteiger partial charge in [0.25, 0.3) is 11.8 Å². The van der Waals surface area contributed by atoms with Crippen LogP contribution in [0.4, 0.5) is 0 Å². The normalized spacial score (nSPS) is 19.4. The van der Waals surface area contributed by atoms with Crippen molar-refractivity contribution in [2.24, 2.45) is 5.73 Å². The highest BCUT2D eigenvalue weighted by Gasteiger charge is 2.34. The van der Waals surface area contributed by atoms with E-state index in [2.05, 4.69) is 11.4 Å². The summed E-state index contributed by atoms with van der Waals surface area (Å²) in [5.74, 6) is -1.93. The van der Waals surface area contributed by atoms with Gasteiger partial charge < -0.3 is 20.6 Å². The summed E-state index contributed by atoms with van der Waals surface area (Å²) in [5.41, 5.74) is 7.45. The Balaban J connectivity index is 1.46. The van der Waals surface area contributed by atoms with Crippen molar-refractivity contribution in [3.63, 3.8) is 0 Å². The van der Waals surface area contributed by atoms with E-state index in [1.54, 1.807) is 0 Å². The number of carbonyl (C=O) groups is 4. The van der Waals surface area contributed by atoms with E-state index in [1.165, 1.54) is 0 Å². The maximum Gasteiger partial charge on any atom is 0.333 e. The molecule has 2 atom stereocenters. The molecular weight excluding hydrogens is 404 g/mol. The van der Waals surface area contributed by atoms with Crippen LogP contribution < -0.4 is 11.1 Å². The zero-order chi connectivity index (χ0) is 22.4. The minimum atomic E-state index is -0.605. The molecule has 1 fully saturated rings. The Kier molecular flexibility index (Phi) is 7.22. The van der Waals surface area contributed by atoms with E-state index < -0.39 is 17.8 Å². The van der Waals surface area contributed by atoms with Crippen LogP contribution >= 0.6 is 0 Å². The van der Waals surface area contributed by atoms with E-state index in [0.29, 0.717) is 24.3 Å². The number of hydroxylamine groups is 2. The minimum Gasteiger partial charge on any atom is -0.444 e. The van der Waals surface area contributed by atoms with Crippen LogP contribution in [0.25, 0.3) is 0 Å². The number of hydrogen-bond donors (Lipinski definition) is 3. The number of nitrogens with zero attached hydrogens (tertiary/aromatic N) is 1. The standard InChI is InChI=1S/C21H26N4O6/c22-21(23)24-12-30-19(28)10-7-16-14-4-1-3-13(11-14)15(16)5-2-6-20(29)31-25-17(26)8-9-18(25)27/h1,3-4,11,15-16H,2,5-10,12H2,(H4,22,23,24). The Morgan fingerprint density at radius 2 is 1.71 bits per heavy atom. The van der Waals surface area contributed by atoms with Crippen molar-refractivity contribution in [3.05, 3.63) is 35.4 Å². The topological polar surface area (TPSA) is 152 Å². The van der Waals surface area contributed by atoms with Gasteiger partial charge in [-0.15, -0.1) is 5.06 Å². The monoisotopic (exact) mass is 430 g/mol. The molecule has 4 N–H and O–H groups in total. The molecule has 1 aromatic rings. The molecule has 1 aliphatic heterocycles. The number of guanidine groups is 1. The molecule has 2 unspecified atom stereocenters. The van der Waals surface area contributed by atoms with Crippen LogP contribution in [-0.4, -0.2) is 41.5 Å². The second kappa shape index (κ2) is 10.1. The van der Waals surface area contributed by atoms with Crippen LogP contribution in [0.2, 0.25) is 0 Å². The molecule has 166 valence electrons. The molecule has 2 bridgehead atoms. The summed E-state index contributed by atoms with van der Waals surface area (Å²) >= 11 is 0. The molecule has 1 aliphatic carbocycles.